The monoisotopic (exact) mass is 472 g/mol. The van der Waals surface area contributed by atoms with E-state index in [1.54, 1.807) is 14.0 Å². The summed E-state index contributed by atoms with van der Waals surface area (Å²) in [5, 5.41) is 2.87. The molecule has 0 spiro atoms. The first-order chi connectivity index (χ1) is 16.1. The van der Waals surface area contributed by atoms with Crippen molar-refractivity contribution in [3.05, 3.63) is 29.0 Å². The number of urea groups is 1. The van der Waals surface area contributed by atoms with Crippen LogP contribution in [-0.4, -0.2) is 102 Å². The molecule has 2 atom stereocenters. The first kappa shape index (κ1) is 24.4. The quantitative estimate of drug-likeness (QED) is 0.658. The molecule has 0 aromatic carbocycles. The van der Waals surface area contributed by atoms with Gasteiger partial charge in [0.15, 0.2) is 6.39 Å². The van der Waals surface area contributed by atoms with Crippen molar-refractivity contribution < 1.29 is 18.7 Å². The Bertz CT molecular complexity index is 1010. The number of nitrogens with one attached hydrogen (secondary N) is 1. The zero-order valence-corrected chi connectivity index (χ0v) is 21.1. The van der Waals surface area contributed by atoms with E-state index in [0.29, 0.717) is 31.2 Å². The molecular formula is C24H36N6O4. The number of oxazole rings is 1. The van der Waals surface area contributed by atoms with Crippen molar-refractivity contribution in [2.75, 3.05) is 46.4 Å². The molecule has 3 aliphatic rings. The molecule has 186 valence electrons. The van der Waals surface area contributed by atoms with Crippen LogP contribution in [0.4, 0.5) is 4.79 Å². The minimum atomic E-state index is -0.483. The summed E-state index contributed by atoms with van der Waals surface area (Å²) in [5.74, 6) is 0.314. The summed E-state index contributed by atoms with van der Waals surface area (Å²) in [6.45, 7) is 14.3. The largest absolute Gasteiger partial charge is 0.438 e. The molecule has 1 aromatic rings. The Hall–Kier alpha value is -2.72. The number of nitrogens with zero attached hydrogens (tertiary/aromatic N) is 5. The van der Waals surface area contributed by atoms with Crippen molar-refractivity contribution >= 4 is 17.8 Å². The SMILES string of the molecule is COCCCN1C[C@H](C)N(C(=O)N2CC3=C(CN=C3NC(=O)c3ocnc3C)C2(C)C)C[C@H]1C. The van der Waals surface area contributed by atoms with Crippen molar-refractivity contribution in [1.29, 1.82) is 0 Å². The normalized spacial score (nSPS) is 24.5. The predicted molar refractivity (Wildman–Crippen MR) is 128 cm³/mol. The van der Waals surface area contributed by atoms with Gasteiger partial charge >= 0.3 is 6.03 Å². The lowest BCUT2D eigenvalue weighted by Crippen LogP contribution is -2.62. The Morgan fingerprint density at radius 3 is 2.71 bits per heavy atom. The fraction of sp³-hybridized carbons (Fsp3) is 0.667. The first-order valence-electron chi connectivity index (χ1n) is 11.9. The summed E-state index contributed by atoms with van der Waals surface area (Å²) in [6.07, 6.45) is 2.24. The third-order valence-electron chi connectivity index (χ3n) is 7.34. The molecule has 1 aromatic heterocycles. The summed E-state index contributed by atoms with van der Waals surface area (Å²) < 4.78 is 10.4. The van der Waals surface area contributed by atoms with E-state index >= 15 is 0 Å². The number of piperazine rings is 1. The average molecular weight is 473 g/mol. The number of aryl methyl sites for hydroxylation is 1. The maximum absolute atomic E-state index is 13.8. The van der Waals surface area contributed by atoms with Crippen LogP contribution in [0.5, 0.6) is 0 Å². The van der Waals surface area contributed by atoms with Crippen LogP contribution in [0.3, 0.4) is 0 Å². The van der Waals surface area contributed by atoms with Gasteiger partial charge in [0.05, 0.1) is 24.3 Å². The van der Waals surface area contributed by atoms with E-state index in [0.717, 1.165) is 37.3 Å². The second-order valence-corrected chi connectivity index (χ2v) is 9.96. The number of amides is 3. The van der Waals surface area contributed by atoms with E-state index in [2.05, 4.69) is 47.9 Å². The van der Waals surface area contributed by atoms with E-state index in [9.17, 15) is 9.59 Å². The van der Waals surface area contributed by atoms with Crippen LogP contribution >= 0.6 is 0 Å². The molecule has 3 amide bonds. The van der Waals surface area contributed by atoms with Crippen molar-refractivity contribution in [3.8, 4) is 0 Å². The molecule has 0 bridgehead atoms. The Labute approximate surface area is 201 Å². The van der Waals surface area contributed by atoms with Crippen LogP contribution < -0.4 is 5.32 Å². The molecule has 4 heterocycles. The molecule has 3 aliphatic heterocycles. The highest BCUT2D eigenvalue weighted by molar-refractivity contribution is 6.14. The zero-order chi connectivity index (χ0) is 24.6. The Kier molecular flexibility index (Phi) is 6.82. The molecule has 34 heavy (non-hydrogen) atoms. The van der Waals surface area contributed by atoms with Gasteiger partial charge in [0.2, 0.25) is 5.76 Å². The molecule has 1 saturated heterocycles. The van der Waals surface area contributed by atoms with Gasteiger partial charge in [-0.3, -0.25) is 14.7 Å². The number of aromatic nitrogens is 1. The van der Waals surface area contributed by atoms with Crippen LogP contribution in [0, 0.1) is 6.92 Å². The minimum absolute atomic E-state index is 0.0343. The Morgan fingerprint density at radius 1 is 1.26 bits per heavy atom. The van der Waals surface area contributed by atoms with Gasteiger partial charge in [-0.25, -0.2) is 9.78 Å². The fourth-order valence-corrected chi connectivity index (χ4v) is 5.19. The number of amidine groups is 1. The number of methoxy groups -OCH3 is 1. The van der Waals surface area contributed by atoms with Crippen LogP contribution in [0.25, 0.3) is 0 Å². The van der Waals surface area contributed by atoms with Crippen LogP contribution in [0.1, 0.15) is 50.4 Å². The van der Waals surface area contributed by atoms with Crippen molar-refractivity contribution in [2.24, 2.45) is 4.99 Å². The number of hydrogen-bond acceptors (Lipinski definition) is 7. The lowest BCUT2D eigenvalue weighted by molar-refractivity contribution is 0.0384. The third kappa shape index (κ3) is 4.36. The van der Waals surface area contributed by atoms with Crippen molar-refractivity contribution in [2.45, 2.75) is 58.7 Å². The highest BCUT2D eigenvalue weighted by Crippen LogP contribution is 2.39. The maximum Gasteiger partial charge on any atom is 0.321 e. The van der Waals surface area contributed by atoms with E-state index in [1.165, 1.54) is 6.39 Å². The molecule has 10 nitrogen and oxygen atoms in total. The minimum Gasteiger partial charge on any atom is -0.438 e. The number of ether oxygens (including phenoxy) is 1. The molecule has 1 fully saturated rings. The smallest absolute Gasteiger partial charge is 0.321 e. The van der Waals surface area contributed by atoms with Crippen LogP contribution in [0.15, 0.2) is 26.9 Å². The molecule has 0 unspecified atom stereocenters. The Morgan fingerprint density at radius 2 is 2.03 bits per heavy atom. The molecule has 10 heteroatoms. The van der Waals surface area contributed by atoms with Crippen molar-refractivity contribution in [3.63, 3.8) is 0 Å². The number of aliphatic imine (C=N–C) groups is 1. The lowest BCUT2D eigenvalue weighted by atomic mass is 9.94. The standard InChI is InChI=1S/C24H36N6O4/c1-15-12-29(16(2)11-28(15)8-7-9-33-6)23(32)30-13-18-19(24(30,4)5)10-25-21(18)27-22(31)20-17(3)26-14-34-20/h14-16H,7-13H2,1-6H3,(H,25,27,31)/t15-,16+/m1/s1. The molecule has 0 radical (unpaired) electrons. The lowest BCUT2D eigenvalue weighted by Gasteiger charge is -2.47. The van der Waals surface area contributed by atoms with Gasteiger partial charge in [0.25, 0.3) is 5.91 Å². The Balaban J connectivity index is 1.43. The molecule has 0 saturated carbocycles. The van der Waals surface area contributed by atoms with E-state index < -0.39 is 5.54 Å². The molecule has 1 N–H and O–H groups in total. The second-order valence-electron chi connectivity index (χ2n) is 9.96. The highest BCUT2D eigenvalue weighted by Gasteiger charge is 2.48. The van der Waals surface area contributed by atoms with Gasteiger partial charge in [0, 0.05) is 51.0 Å². The van der Waals surface area contributed by atoms with E-state index in [4.69, 9.17) is 9.15 Å². The number of carbonyl (C=O) groups is 2. The first-order valence-corrected chi connectivity index (χ1v) is 11.9. The molecule has 4 rings (SSSR count). The summed E-state index contributed by atoms with van der Waals surface area (Å²) >= 11 is 0. The summed E-state index contributed by atoms with van der Waals surface area (Å²) in [4.78, 5) is 41.3. The average Bonchev–Trinajstić information content (AvgIpc) is 3.46. The summed E-state index contributed by atoms with van der Waals surface area (Å²) in [5.41, 5.74) is 2.04. The predicted octanol–water partition coefficient (Wildman–Crippen LogP) is 2.07. The fourth-order valence-electron chi connectivity index (χ4n) is 5.19. The highest BCUT2D eigenvalue weighted by atomic mass is 16.5. The maximum atomic E-state index is 13.8. The van der Waals surface area contributed by atoms with Crippen molar-refractivity contribution in [1.82, 2.24) is 25.0 Å². The number of carbonyl (C=O) groups excluding carboxylic acids is 2. The third-order valence-corrected chi connectivity index (χ3v) is 7.34. The number of hydrogen-bond donors (Lipinski definition) is 1. The second kappa shape index (κ2) is 9.50. The van der Waals surface area contributed by atoms with Gasteiger partial charge in [-0.2, -0.15) is 0 Å². The van der Waals surface area contributed by atoms with E-state index in [-0.39, 0.29) is 29.8 Å². The summed E-state index contributed by atoms with van der Waals surface area (Å²) in [6, 6.07) is 0.427. The molecule has 0 aliphatic carbocycles. The van der Waals surface area contributed by atoms with Gasteiger partial charge in [-0.15, -0.1) is 0 Å². The van der Waals surface area contributed by atoms with Crippen LogP contribution in [0.2, 0.25) is 0 Å². The van der Waals surface area contributed by atoms with Gasteiger partial charge in [-0.05, 0) is 46.6 Å². The van der Waals surface area contributed by atoms with Gasteiger partial charge in [-0.1, -0.05) is 0 Å². The van der Waals surface area contributed by atoms with Crippen LogP contribution in [-0.2, 0) is 4.74 Å². The topological polar surface area (TPSA) is 104 Å². The summed E-state index contributed by atoms with van der Waals surface area (Å²) in [7, 11) is 1.72. The van der Waals surface area contributed by atoms with Gasteiger partial charge in [0.1, 0.15) is 5.84 Å². The van der Waals surface area contributed by atoms with Gasteiger partial charge < -0.3 is 24.3 Å². The van der Waals surface area contributed by atoms with E-state index in [1.807, 2.05) is 9.80 Å². The molecular weight excluding hydrogens is 436 g/mol. The zero-order valence-electron chi connectivity index (χ0n) is 21.1. The number of rotatable bonds is 5.